The van der Waals surface area contributed by atoms with E-state index in [2.05, 4.69) is 10.0 Å². The van der Waals surface area contributed by atoms with E-state index in [1.165, 1.54) is 31.3 Å². The van der Waals surface area contributed by atoms with E-state index in [1.54, 1.807) is 6.92 Å². The Labute approximate surface area is 112 Å². The van der Waals surface area contributed by atoms with Crippen molar-refractivity contribution >= 4 is 21.6 Å². The number of aliphatic hydroxyl groups excluding tert-OH is 1. The molecule has 0 bridgehead atoms. The molecule has 6 nitrogen and oxygen atoms in total. The SMILES string of the molecule is CNS(=O)(=O)c1ccc(NC(=O)CCC(C)O)cc1. The van der Waals surface area contributed by atoms with Gasteiger partial charge in [0.25, 0.3) is 0 Å². The molecule has 1 unspecified atom stereocenters. The first-order valence-electron chi connectivity index (χ1n) is 5.86. The fourth-order valence-electron chi connectivity index (χ4n) is 1.40. The molecule has 0 saturated carbocycles. The van der Waals surface area contributed by atoms with Crippen LogP contribution in [0.5, 0.6) is 0 Å². The molecule has 0 spiro atoms. The molecule has 1 aromatic carbocycles. The Morgan fingerprint density at radius 2 is 1.89 bits per heavy atom. The molecule has 1 aromatic rings. The number of rotatable bonds is 6. The first-order valence-corrected chi connectivity index (χ1v) is 7.35. The molecule has 1 amide bonds. The van der Waals surface area contributed by atoms with Crippen molar-refractivity contribution in [1.82, 2.24) is 4.72 Å². The number of carbonyl (C=O) groups is 1. The number of benzene rings is 1. The van der Waals surface area contributed by atoms with Crippen molar-refractivity contribution in [2.24, 2.45) is 0 Å². The van der Waals surface area contributed by atoms with Gasteiger partial charge in [-0.3, -0.25) is 4.79 Å². The Morgan fingerprint density at radius 1 is 1.32 bits per heavy atom. The molecule has 7 heteroatoms. The van der Waals surface area contributed by atoms with Gasteiger partial charge in [-0.1, -0.05) is 0 Å². The highest BCUT2D eigenvalue weighted by Gasteiger charge is 2.11. The van der Waals surface area contributed by atoms with E-state index in [9.17, 15) is 13.2 Å². The predicted octanol–water partition coefficient (Wildman–Crippen LogP) is 0.694. The van der Waals surface area contributed by atoms with Gasteiger partial charge in [0.05, 0.1) is 11.0 Å². The van der Waals surface area contributed by atoms with Crippen LogP contribution in [0.2, 0.25) is 0 Å². The van der Waals surface area contributed by atoms with Gasteiger partial charge in [0, 0.05) is 12.1 Å². The smallest absolute Gasteiger partial charge is 0.240 e. The molecule has 19 heavy (non-hydrogen) atoms. The highest BCUT2D eigenvalue weighted by molar-refractivity contribution is 7.89. The third-order valence-electron chi connectivity index (χ3n) is 2.51. The molecule has 0 aliphatic carbocycles. The summed E-state index contributed by atoms with van der Waals surface area (Å²) in [6, 6.07) is 5.86. The number of nitrogens with one attached hydrogen (secondary N) is 2. The average Bonchev–Trinajstić information content (AvgIpc) is 2.37. The number of sulfonamides is 1. The van der Waals surface area contributed by atoms with Crippen LogP contribution in [0, 0.1) is 0 Å². The molecule has 0 aliphatic heterocycles. The number of hydrogen-bond acceptors (Lipinski definition) is 4. The van der Waals surface area contributed by atoms with Crippen molar-refractivity contribution in [3.63, 3.8) is 0 Å². The van der Waals surface area contributed by atoms with Gasteiger partial charge in [-0.2, -0.15) is 0 Å². The summed E-state index contributed by atoms with van der Waals surface area (Å²) in [5.41, 5.74) is 0.519. The second-order valence-corrected chi connectivity index (χ2v) is 6.05. The van der Waals surface area contributed by atoms with Crippen molar-refractivity contribution in [2.45, 2.75) is 30.8 Å². The number of anilines is 1. The van der Waals surface area contributed by atoms with Gasteiger partial charge < -0.3 is 10.4 Å². The quantitative estimate of drug-likeness (QED) is 0.717. The normalized spacial score (nSPS) is 13.0. The highest BCUT2D eigenvalue weighted by Crippen LogP contribution is 2.14. The number of carbonyl (C=O) groups excluding carboxylic acids is 1. The van der Waals surface area contributed by atoms with Crippen molar-refractivity contribution in [1.29, 1.82) is 0 Å². The Bertz CT molecular complexity index is 523. The third-order valence-corrected chi connectivity index (χ3v) is 3.94. The van der Waals surface area contributed by atoms with Crippen LogP contribution in [0.3, 0.4) is 0 Å². The maximum atomic E-state index is 11.5. The number of amides is 1. The maximum Gasteiger partial charge on any atom is 0.240 e. The zero-order valence-electron chi connectivity index (χ0n) is 10.9. The highest BCUT2D eigenvalue weighted by atomic mass is 32.2. The molecule has 106 valence electrons. The van der Waals surface area contributed by atoms with E-state index in [4.69, 9.17) is 5.11 Å². The summed E-state index contributed by atoms with van der Waals surface area (Å²) in [7, 11) is -2.13. The van der Waals surface area contributed by atoms with Crippen LogP contribution in [-0.2, 0) is 14.8 Å². The standard InChI is InChI=1S/C12H18N2O4S/c1-9(15)3-8-12(16)14-10-4-6-11(7-5-10)19(17,18)13-2/h4-7,9,13,15H,3,8H2,1-2H3,(H,14,16). The molecule has 0 radical (unpaired) electrons. The van der Waals surface area contributed by atoms with Gasteiger partial charge in [-0.15, -0.1) is 0 Å². The van der Waals surface area contributed by atoms with Crippen LogP contribution >= 0.6 is 0 Å². The molecule has 3 N–H and O–H groups in total. The molecule has 0 fully saturated rings. The number of aliphatic hydroxyl groups is 1. The summed E-state index contributed by atoms with van der Waals surface area (Å²) in [4.78, 5) is 11.6. The Kier molecular flexibility index (Phi) is 5.46. The second-order valence-electron chi connectivity index (χ2n) is 4.17. The molecular formula is C12H18N2O4S. The lowest BCUT2D eigenvalue weighted by Gasteiger charge is -2.07. The Morgan fingerprint density at radius 3 is 2.37 bits per heavy atom. The maximum absolute atomic E-state index is 11.5. The van der Waals surface area contributed by atoms with Crippen molar-refractivity contribution in [2.75, 3.05) is 12.4 Å². The van der Waals surface area contributed by atoms with E-state index in [0.29, 0.717) is 12.1 Å². The van der Waals surface area contributed by atoms with E-state index >= 15 is 0 Å². The summed E-state index contributed by atoms with van der Waals surface area (Å²) in [5, 5.41) is 11.7. The van der Waals surface area contributed by atoms with Crippen LogP contribution in [0.15, 0.2) is 29.2 Å². The Hall–Kier alpha value is -1.44. The fraction of sp³-hybridized carbons (Fsp3) is 0.417. The van der Waals surface area contributed by atoms with Crippen LogP contribution in [0.4, 0.5) is 5.69 Å². The summed E-state index contributed by atoms with van der Waals surface area (Å²) in [5.74, 6) is -0.217. The van der Waals surface area contributed by atoms with Gasteiger partial charge in [0.1, 0.15) is 0 Å². The van der Waals surface area contributed by atoms with E-state index in [-0.39, 0.29) is 17.2 Å². The predicted molar refractivity (Wildman–Crippen MR) is 72.2 cm³/mol. The van der Waals surface area contributed by atoms with E-state index < -0.39 is 16.1 Å². The van der Waals surface area contributed by atoms with Crippen LogP contribution in [0.1, 0.15) is 19.8 Å². The van der Waals surface area contributed by atoms with Gasteiger partial charge in [0.2, 0.25) is 15.9 Å². The largest absolute Gasteiger partial charge is 0.393 e. The Balaban J connectivity index is 2.65. The molecule has 1 rings (SSSR count). The minimum Gasteiger partial charge on any atom is -0.393 e. The van der Waals surface area contributed by atoms with Crippen LogP contribution < -0.4 is 10.0 Å². The monoisotopic (exact) mass is 286 g/mol. The van der Waals surface area contributed by atoms with E-state index in [0.717, 1.165) is 0 Å². The summed E-state index contributed by atoms with van der Waals surface area (Å²) >= 11 is 0. The summed E-state index contributed by atoms with van der Waals surface area (Å²) in [6.45, 7) is 1.62. The van der Waals surface area contributed by atoms with Gasteiger partial charge >= 0.3 is 0 Å². The van der Waals surface area contributed by atoms with Gasteiger partial charge in [-0.05, 0) is 44.7 Å². The first kappa shape index (κ1) is 15.6. The lowest BCUT2D eigenvalue weighted by Crippen LogP contribution is -2.18. The van der Waals surface area contributed by atoms with Gasteiger partial charge in [-0.25, -0.2) is 13.1 Å². The average molecular weight is 286 g/mol. The topological polar surface area (TPSA) is 95.5 Å². The minimum absolute atomic E-state index is 0.136. The molecule has 0 heterocycles. The molecular weight excluding hydrogens is 268 g/mol. The second kappa shape index (κ2) is 6.65. The van der Waals surface area contributed by atoms with Crippen molar-refractivity contribution in [3.05, 3.63) is 24.3 Å². The molecule has 0 saturated heterocycles. The zero-order valence-corrected chi connectivity index (χ0v) is 11.7. The summed E-state index contributed by atoms with van der Waals surface area (Å²) < 4.78 is 25.2. The zero-order chi connectivity index (χ0) is 14.5. The van der Waals surface area contributed by atoms with Gasteiger partial charge in [0.15, 0.2) is 0 Å². The van der Waals surface area contributed by atoms with Crippen LogP contribution in [-0.4, -0.2) is 32.6 Å². The lowest BCUT2D eigenvalue weighted by molar-refractivity contribution is -0.116. The third kappa shape index (κ3) is 4.98. The molecule has 0 aromatic heterocycles. The lowest BCUT2D eigenvalue weighted by atomic mass is 10.2. The molecule has 1 atom stereocenters. The summed E-state index contributed by atoms with van der Waals surface area (Å²) in [6.07, 6.45) is 0.0839. The fourth-order valence-corrected chi connectivity index (χ4v) is 2.13. The van der Waals surface area contributed by atoms with Crippen LogP contribution in [0.25, 0.3) is 0 Å². The molecule has 0 aliphatic rings. The first-order chi connectivity index (χ1) is 8.85. The number of hydrogen-bond donors (Lipinski definition) is 3. The van der Waals surface area contributed by atoms with Crippen molar-refractivity contribution in [3.8, 4) is 0 Å². The minimum atomic E-state index is -3.46. The van der Waals surface area contributed by atoms with Crippen molar-refractivity contribution < 1.29 is 18.3 Å². The van der Waals surface area contributed by atoms with E-state index in [1.807, 2.05) is 0 Å².